The fourth-order valence-electron chi connectivity index (χ4n) is 2.81. The molecule has 148 valence electrons. The number of anilines is 1. The van der Waals surface area contributed by atoms with Crippen molar-refractivity contribution >= 4 is 29.2 Å². The molecular formula is C23H20ClNO4. The van der Waals surface area contributed by atoms with Gasteiger partial charge < -0.3 is 14.8 Å². The lowest BCUT2D eigenvalue weighted by Crippen LogP contribution is -2.26. The SMILES string of the molecule is COc1ccc(C)cc1NC(=O)[C@H](OC(=O)c1cccc(Cl)c1)c1ccccc1. The normalized spacial score (nSPS) is 11.4. The van der Waals surface area contributed by atoms with E-state index in [-0.39, 0.29) is 5.56 Å². The summed E-state index contributed by atoms with van der Waals surface area (Å²) in [5.41, 5.74) is 2.26. The van der Waals surface area contributed by atoms with Crippen LogP contribution in [-0.2, 0) is 9.53 Å². The summed E-state index contributed by atoms with van der Waals surface area (Å²) in [5.74, 6) is -0.625. The van der Waals surface area contributed by atoms with Crippen LogP contribution in [0.3, 0.4) is 0 Å². The maximum Gasteiger partial charge on any atom is 0.339 e. The van der Waals surface area contributed by atoms with Gasteiger partial charge in [0, 0.05) is 10.6 Å². The van der Waals surface area contributed by atoms with Crippen LogP contribution in [0.15, 0.2) is 72.8 Å². The second kappa shape index (κ2) is 9.26. The van der Waals surface area contributed by atoms with Gasteiger partial charge in [0.2, 0.25) is 6.10 Å². The summed E-state index contributed by atoms with van der Waals surface area (Å²) in [6.45, 7) is 1.91. The van der Waals surface area contributed by atoms with Crippen molar-refractivity contribution in [2.75, 3.05) is 12.4 Å². The molecule has 1 atom stereocenters. The van der Waals surface area contributed by atoms with Crippen molar-refractivity contribution in [3.05, 3.63) is 94.5 Å². The Bertz CT molecular complexity index is 1020. The molecule has 0 bridgehead atoms. The molecule has 3 rings (SSSR count). The Balaban J connectivity index is 1.89. The Morgan fingerprint density at radius 1 is 0.966 bits per heavy atom. The number of amides is 1. The first kappa shape index (κ1) is 20.4. The summed E-state index contributed by atoms with van der Waals surface area (Å²) in [6, 6.07) is 20.6. The van der Waals surface area contributed by atoms with Crippen molar-refractivity contribution < 1.29 is 19.1 Å². The van der Waals surface area contributed by atoms with Crippen LogP contribution in [-0.4, -0.2) is 19.0 Å². The molecule has 5 nitrogen and oxygen atoms in total. The van der Waals surface area contributed by atoms with E-state index >= 15 is 0 Å². The van der Waals surface area contributed by atoms with E-state index in [1.54, 1.807) is 54.6 Å². The molecule has 0 fully saturated rings. The zero-order valence-electron chi connectivity index (χ0n) is 16.0. The van der Waals surface area contributed by atoms with Crippen molar-refractivity contribution in [3.63, 3.8) is 0 Å². The summed E-state index contributed by atoms with van der Waals surface area (Å²) >= 11 is 5.96. The Hall–Kier alpha value is -3.31. The lowest BCUT2D eigenvalue weighted by Gasteiger charge is -2.19. The van der Waals surface area contributed by atoms with E-state index in [1.807, 2.05) is 19.1 Å². The average molecular weight is 410 g/mol. The number of rotatable bonds is 6. The van der Waals surface area contributed by atoms with Crippen molar-refractivity contribution in [3.8, 4) is 5.75 Å². The molecule has 0 aromatic heterocycles. The number of halogens is 1. The highest BCUT2D eigenvalue weighted by molar-refractivity contribution is 6.30. The molecule has 0 aliphatic carbocycles. The number of benzene rings is 3. The van der Waals surface area contributed by atoms with E-state index in [0.29, 0.717) is 22.0 Å². The number of ether oxygens (including phenoxy) is 2. The minimum atomic E-state index is -1.15. The number of nitrogens with one attached hydrogen (secondary N) is 1. The summed E-state index contributed by atoms with van der Waals surface area (Å²) in [7, 11) is 1.52. The summed E-state index contributed by atoms with van der Waals surface area (Å²) in [5, 5.41) is 3.21. The van der Waals surface area contributed by atoms with Gasteiger partial charge >= 0.3 is 5.97 Å². The van der Waals surface area contributed by atoms with Gasteiger partial charge in [-0.15, -0.1) is 0 Å². The van der Waals surface area contributed by atoms with Gasteiger partial charge in [-0.1, -0.05) is 54.1 Å². The van der Waals surface area contributed by atoms with Crippen LogP contribution in [0.5, 0.6) is 5.75 Å². The number of hydrogen-bond acceptors (Lipinski definition) is 4. The predicted molar refractivity (Wildman–Crippen MR) is 112 cm³/mol. The van der Waals surface area contributed by atoms with E-state index in [0.717, 1.165) is 5.56 Å². The third-order valence-electron chi connectivity index (χ3n) is 4.24. The number of methoxy groups -OCH3 is 1. The third-order valence-corrected chi connectivity index (χ3v) is 4.47. The Labute approximate surface area is 174 Å². The second-order valence-corrected chi connectivity index (χ2v) is 6.84. The van der Waals surface area contributed by atoms with Gasteiger partial charge in [-0.3, -0.25) is 4.79 Å². The van der Waals surface area contributed by atoms with Gasteiger partial charge in [-0.2, -0.15) is 0 Å². The first-order chi connectivity index (χ1) is 14.0. The topological polar surface area (TPSA) is 64.6 Å². The largest absolute Gasteiger partial charge is 0.495 e. The predicted octanol–water partition coefficient (Wildman–Crippen LogP) is 5.19. The van der Waals surface area contributed by atoms with Crippen LogP contribution >= 0.6 is 11.6 Å². The van der Waals surface area contributed by atoms with E-state index < -0.39 is 18.0 Å². The van der Waals surface area contributed by atoms with Gasteiger partial charge in [0.25, 0.3) is 5.91 Å². The van der Waals surface area contributed by atoms with E-state index in [1.165, 1.54) is 13.2 Å². The van der Waals surface area contributed by atoms with Gasteiger partial charge in [-0.05, 0) is 42.8 Å². The molecule has 0 aliphatic rings. The van der Waals surface area contributed by atoms with Gasteiger partial charge in [0.15, 0.2) is 0 Å². The minimum Gasteiger partial charge on any atom is -0.495 e. The molecule has 6 heteroatoms. The van der Waals surface area contributed by atoms with E-state index in [9.17, 15) is 9.59 Å². The number of esters is 1. The number of carbonyl (C=O) groups is 2. The van der Waals surface area contributed by atoms with Crippen LogP contribution < -0.4 is 10.1 Å². The van der Waals surface area contributed by atoms with Crippen molar-refractivity contribution in [1.82, 2.24) is 0 Å². The minimum absolute atomic E-state index is 0.263. The molecule has 1 amide bonds. The lowest BCUT2D eigenvalue weighted by atomic mass is 10.1. The first-order valence-electron chi connectivity index (χ1n) is 8.95. The first-order valence-corrected chi connectivity index (χ1v) is 9.32. The summed E-state index contributed by atoms with van der Waals surface area (Å²) in [4.78, 5) is 25.7. The molecule has 0 saturated carbocycles. The summed E-state index contributed by atoms with van der Waals surface area (Å²) in [6.07, 6.45) is -1.15. The molecule has 0 radical (unpaired) electrons. The fraction of sp³-hybridized carbons (Fsp3) is 0.130. The fourth-order valence-corrected chi connectivity index (χ4v) is 3.00. The number of hydrogen-bond donors (Lipinski definition) is 1. The van der Waals surface area contributed by atoms with Gasteiger partial charge in [-0.25, -0.2) is 4.79 Å². The average Bonchev–Trinajstić information content (AvgIpc) is 2.72. The van der Waals surface area contributed by atoms with Crippen LogP contribution in [0.4, 0.5) is 5.69 Å². The van der Waals surface area contributed by atoms with Crippen molar-refractivity contribution in [2.45, 2.75) is 13.0 Å². The quantitative estimate of drug-likeness (QED) is 0.569. The zero-order chi connectivity index (χ0) is 20.8. The third kappa shape index (κ3) is 5.15. The van der Waals surface area contributed by atoms with Crippen LogP contribution in [0.1, 0.15) is 27.6 Å². The van der Waals surface area contributed by atoms with Gasteiger partial charge in [0.05, 0.1) is 18.4 Å². The maximum absolute atomic E-state index is 13.1. The standard InChI is InChI=1S/C23H20ClNO4/c1-15-11-12-20(28-2)19(13-15)25-22(26)21(16-7-4-3-5-8-16)29-23(27)17-9-6-10-18(24)14-17/h3-14,21H,1-2H3,(H,25,26)/t21-/m1/s1. The van der Waals surface area contributed by atoms with Crippen molar-refractivity contribution in [1.29, 1.82) is 0 Å². The molecule has 29 heavy (non-hydrogen) atoms. The number of aryl methyl sites for hydroxylation is 1. The molecule has 3 aromatic carbocycles. The molecule has 0 heterocycles. The van der Waals surface area contributed by atoms with E-state index in [2.05, 4.69) is 5.32 Å². The highest BCUT2D eigenvalue weighted by Crippen LogP contribution is 2.28. The molecular weight excluding hydrogens is 390 g/mol. The van der Waals surface area contributed by atoms with Gasteiger partial charge in [0.1, 0.15) is 5.75 Å². The Morgan fingerprint density at radius 2 is 1.72 bits per heavy atom. The molecule has 0 aliphatic heterocycles. The van der Waals surface area contributed by atoms with Crippen LogP contribution in [0.25, 0.3) is 0 Å². The smallest absolute Gasteiger partial charge is 0.339 e. The molecule has 1 N–H and O–H groups in total. The lowest BCUT2D eigenvalue weighted by molar-refractivity contribution is -0.125. The molecule has 0 spiro atoms. The summed E-state index contributed by atoms with van der Waals surface area (Å²) < 4.78 is 10.9. The molecule has 3 aromatic rings. The second-order valence-electron chi connectivity index (χ2n) is 6.40. The maximum atomic E-state index is 13.1. The van der Waals surface area contributed by atoms with Crippen molar-refractivity contribution in [2.24, 2.45) is 0 Å². The van der Waals surface area contributed by atoms with Crippen LogP contribution in [0.2, 0.25) is 5.02 Å². The van der Waals surface area contributed by atoms with Crippen LogP contribution in [0, 0.1) is 6.92 Å². The number of carbonyl (C=O) groups excluding carboxylic acids is 2. The zero-order valence-corrected chi connectivity index (χ0v) is 16.8. The Kier molecular flexibility index (Phi) is 6.52. The molecule has 0 unspecified atom stereocenters. The monoisotopic (exact) mass is 409 g/mol. The van der Waals surface area contributed by atoms with E-state index in [4.69, 9.17) is 21.1 Å². The molecule has 0 saturated heterocycles. The highest BCUT2D eigenvalue weighted by atomic mass is 35.5. The Morgan fingerprint density at radius 3 is 2.41 bits per heavy atom. The highest BCUT2D eigenvalue weighted by Gasteiger charge is 2.26.